The molecule has 5 heteroatoms. The molecule has 106 valence electrons. The predicted molar refractivity (Wildman–Crippen MR) is 74.9 cm³/mol. The molecule has 0 atom stereocenters. The summed E-state index contributed by atoms with van der Waals surface area (Å²) in [5, 5.41) is 4.21. The Morgan fingerprint density at radius 1 is 1.42 bits per heavy atom. The fourth-order valence-electron chi connectivity index (χ4n) is 2.59. The molecule has 0 aromatic carbocycles. The number of rotatable bonds is 4. The average molecular weight is 264 g/mol. The first-order valence-electron chi connectivity index (χ1n) is 6.99. The Kier molecular flexibility index (Phi) is 4.58. The summed E-state index contributed by atoms with van der Waals surface area (Å²) in [4.78, 5) is 16.4. The lowest BCUT2D eigenvalue weighted by molar-refractivity contribution is -0.132. The lowest BCUT2D eigenvalue weighted by atomic mass is 10.0. The lowest BCUT2D eigenvalue weighted by Crippen LogP contribution is -2.44. The third kappa shape index (κ3) is 3.80. The Labute approximate surface area is 115 Å². The molecule has 1 aromatic heterocycles. The van der Waals surface area contributed by atoms with Crippen LogP contribution in [-0.4, -0.2) is 58.7 Å². The lowest BCUT2D eigenvalue weighted by Gasteiger charge is -2.35. The van der Waals surface area contributed by atoms with Crippen LogP contribution in [0.2, 0.25) is 0 Å². The van der Waals surface area contributed by atoms with Crippen LogP contribution in [0.15, 0.2) is 12.4 Å². The van der Waals surface area contributed by atoms with Gasteiger partial charge >= 0.3 is 0 Å². The Hall–Kier alpha value is -1.36. The highest BCUT2D eigenvalue weighted by Crippen LogP contribution is 2.15. The third-order valence-corrected chi connectivity index (χ3v) is 3.86. The number of amides is 1. The molecule has 2 rings (SSSR count). The number of piperidine rings is 1. The zero-order valence-corrected chi connectivity index (χ0v) is 12.2. The summed E-state index contributed by atoms with van der Waals surface area (Å²) >= 11 is 0. The minimum absolute atomic E-state index is 0.255. The van der Waals surface area contributed by atoms with E-state index in [-0.39, 0.29) is 5.91 Å². The molecule has 1 aliphatic heterocycles. The van der Waals surface area contributed by atoms with Crippen molar-refractivity contribution in [1.82, 2.24) is 19.6 Å². The van der Waals surface area contributed by atoms with Crippen LogP contribution in [0.5, 0.6) is 0 Å². The molecule has 0 bridgehead atoms. The standard InChI is InChI=1S/C14H24N4O/c1-12-10-15-18(11-12)9-6-14(19)17-7-4-13(5-8-17)16(2)3/h10-11,13H,4-9H2,1-3H3. The molecular weight excluding hydrogens is 240 g/mol. The Morgan fingerprint density at radius 3 is 2.63 bits per heavy atom. The van der Waals surface area contributed by atoms with Gasteiger partial charge in [-0.3, -0.25) is 9.48 Å². The summed E-state index contributed by atoms with van der Waals surface area (Å²) in [7, 11) is 4.23. The summed E-state index contributed by atoms with van der Waals surface area (Å²) in [6.45, 7) is 4.47. The summed E-state index contributed by atoms with van der Waals surface area (Å²) in [5.41, 5.74) is 1.14. The molecule has 1 aromatic rings. The quantitative estimate of drug-likeness (QED) is 0.819. The highest BCUT2D eigenvalue weighted by Gasteiger charge is 2.23. The van der Waals surface area contributed by atoms with Gasteiger partial charge in [0.15, 0.2) is 0 Å². The van der Waals surface area contributed by atoms with E-state index < -0.39 is 0 Å². The van der Waals surface area contributed by atoms with Crippen LogP contribution in [0.1, 0.15) is 24.8 Å². The van der Waals surface area contributed by atoms with Gasteiger partial charge in [-0.25, -0.2) is 0 Å². The van der Waals surface area contributed by atoms with Gasteiger partial charge in [0.2, 0.25) is 5.91 Å². The third-order valence-electron chi connectivity index (χ3n) is 3.86. The number of aromatic nitrogens is 2. The molecular formula is C14H24N4O. The predicted octanol–water partition coefficient (Wildman–Crippen LogP) is 1.13. The smallest absolute Gasteiger partial charge is 0.224 e. The van der Waals surface area contributed by atoms with Gasteiger partial charge in [0.1, 0.15) is 0 Å². The summed E-state index contributed by atoms with van der Waals surface area (Å²) in [6, 6.07) is 0.623. The molecule has 0 spiro atoms. The van der Waals surface area contributed by atoms with E-state index in [0.29, 0.717) is 19.0 Å². The number of hydrogen-bond acceptors (Lipinski definition) is 3. The minimum atomic E-state index is 0.255. The average Bonchev–Trinajstić information content (AvgIpc) is 2.82. The van der Waals surface area contributed by atoms with Crippen LogP contribution in [0.25, 0.3) is 0 Å². The van der Waals surface area contributed by atoms with E-state index in [1.54, 1.807) is 0 Å². The number of nitrogens with zero attached hydrogens (tertiary/aromatic N) is 4. The van der Waals surface area contributed by atoms with E-state index in [4.69, 9.17) is 0 Å². The SMILES string of the molecule is Cc1cnn(CCC(=O)N2CCC(N(C)C)CC2)c1. The van der Waals surface area contributed by atoms with Gasteiger partial charge in [0, 0.05) is 38.3 Å². The minimum Gasteiger partial charge on any atom is -0.343 e. The molecule has 1 fully saturated rings. The molecule has 0 aliphatic carbocycles. The van der Waals surface area contributed by atoms with Crippen molar-refractivity contribution >= 4 is 5.91 Å². The van der Waals surface area contributed by atoms with Crippen LogP contribution < -0.4 is 0 Å². The molecule has 5 nitrogen and oxygen atoms in total. The van der Waals surface area contributed by atoms with E-state index in [1.165, 1.54) is 0 Å². The number of aryl methyl sites for hydroxylation is 2. The first kappa shape index (κ1) is 14.1. The normalized spacial score (nSPS) is 17.2. The monoisotopic (exact) mass is 264 g/mol. The topological polar surface area (TPSA) is 41.4 Å². The molecule has 0 radical (unpaired) electrons. The molecule has 0 saturated carbocycles. The highest BCUT2D eigenvalue weighted by molar-refractivity contribution is 5.76. The maximum atomic E-state index is 12.1. The Balaban J connectivity index is 1.75. The van der Waals surface area contributed by atoms with Crippen molar-refractivity contribution in [2.24, 2.45) is 0 Å². The summed E-state index contributed by atoms with van der Waals surface area (Å²) < 4.78 is 1.85. The highest BCUT2D eigenvalue weighted by atomic mass is 16.2. The molecule has 1 saturated heterocycles. The number of likely N-dealkylation sites (tertiary alicyclic amines) is 1. The summed E-state index contributed by atoms with van der Waals surface area (Å²) in [5.74, 6) is 0.255. The van der Waals surface area contributed by atoms with Gasteiger partial charge in [-0.05, 0) is 39.4 Å². The van der Waals surface area contributed by atoms with Crippen molar-refractivity contribution < 1.29 is 4.79 Å². The van der Waals surface area contributed by atoms with Gasteiger partial charge in [-0.1, -0.05) is 0 Å². The van der Waals surface area contributed by atoms with Crippen LogP contribution >= 0.6 is 0 Å². The van der Waals surface area contributed by atoms with Gasteiger partial charge in [-0.2, -0.15) is 5.10 Å². The number of hydrogen-bond donors (Lipinski definition) is 0. The van der Waals surface area contributed by atoms with E-state index in [1.807, 2.05) is 28.9 Å². The number of carbonyl (C=O) groups excluding carboxylic acids is 1. The maximum Gasteiger partial charge on any atom is 0.224 e. The number of carbonyl (C=O) groups is 1. The van der Waals surface area contributed by atoms with Crippen LogP contribution in [0, 0.1) is 6.92 Å². The largest absolute Gasteiger partial charge is 0.343 e. The maximum absolute atomic E-state index is 12.1. The second-order valence-electron chi connectivity index (χ2n) is 5.61. The summed E-state index contributed by atoms with van der Waals surface area (Å²) in [6.07, 6.45) is 6.52. The van der Waals surface area contributed by atoms with Gasteiger partial charge in [-0.15, -0.1) is 0 Å². The first-order valence-corrected chi connectivity index (χ1v) is 6.99. The van der Waals surface area contributed by atoms with Crippen molar-refractivity contribution in [3.8, 4) is 0 Å². The van der Waals surface area contributed by atoms with Gasteiger partial charge in [0.25, 0.3) is 0 Å². The molecule has 1 aliphatic rings. The van der Waals surface area contributed by atoms with Crippen molar-refractivity contribution in [3.63, 3.8) is 0 Å². The van der Waals surface area contributed by atoms with Crippen LogP contribution in [-0.2, 0) is 11.3 Å². The Bertz CT molecular complexity index is 419. The van der Waals surface area contributed by atoms with Crippen molar-refractivity contribution in [2.75, 3.05) is 27.2 Å². The van der Waals surface area contributed by atoms with Gasteiger partial charge in [0.05, 0.1) is 6.20 Å². The Morgan fingerprint density at radius 2 is 2.11 bits per heavy atom. The second-order valence-corrected chi connectivity index (χ2v) is 5.61. The van der Waals surface area contributed by atoms with E-state index in [2.05, 4.69) is 24.1 Å². The van der Waals surface area contributed by atoms with Crippen molar-refractivity contribution in [3.05, 3.63) is 18.0 Å². The van der Waals surface area contributed by atoms with Crippen LogP contribution in [0.3, 0.4) is 0 Å². The molecule has 0 unspecified atom stereocenters. The fourth-order valence-corrected chi connectivity index (χ4v) is 2.59. The molecule has 0 N–H and O–H groups in total. The molecule has 1 amide bonds. The fraction of sp³-hybridized carbons (Fsp3) is 0.714. The first-order chi connectivity index (χ1) is 9.06. The van der Waals surface area contributed by atoms with E-state index in [0.717, 1.165) is 31.5 Å². The molecule has 2 heterocycles. The second kappa shape index (κ2) is 6.19. The van der Waals surface area contributed by atoms with Gasteiger partial charge < -0.3 is 9.80 Å². The van der Waals surface area contributed by atoms with Crippen molar-refractivity contribution in [2.45, 2.75) is 38.8 Å². The zero-order chi connectivity index (χ0) is 13.8. The molecule has 19 heavy (non-hydrogen) atoms. The van der Waals surface area contributed by atoms with E-state index in [9.17, 15) is 4.79 Å². The van der Waals surface area contributed by atoms with Crippen LogP contribution in [0.4, 0.5) is 0 Å². The zero-order valence-electron chi connectivity index (χ0n) is 12.2. The van der Waals surface area contributed by atoms with Crippen molar-refractivity contribution in [1.29, 1.82) is 0 Å². The van der Waals surface area contributed by atoms with E-state index >= 15 is 0 Å².